The minimum atomic E-state index is -2.60. The molecule has 0 aliphatic heterocycles. The largest absolute Gasteiger partial charge is 0.768 e. The first-order chi connectivity index (χ1) is 12.6. The molecule has 9 heteroatoms. The molecule has 4 rings (SSSR count). The molecule has 3 aromatic heterocycles. The summed E-state index contributed by atoms with van der Waals surface area (Å²) in [5.41, 5.74) is 2.62. The highest BCUT2D eigenvalue weighted by Gasteiger charge is 2.12. The predicted molar refractivity (Wildman–Crippen MR) is 92.1 cm³/mol. The standard InChI is InChI=1S/C17H13FN4O3S/c1-25-15-5-3-11-16-13(7-19-17(11)21-15)20-9-22(16)8-10-2-4-14(26(23)24)12(18)6-10/h2-7,9H,8H2,1H3,(H,23,24)/p-1. The van der Waals surface area contributed by atoms with E-state index in [1.54, 1.807) is 24.7 Å². The minimum Gasteiger partial charge on any atom is -0.768 e. The molecule has 1 atom stereocenters. The fourth-order valence-corrected chi connectivity index (χ4v) is 3.23. The number of fused-ring (bicyclic) bond motifs is 3. The lowest BCUT2D eigenvalue weighted by atomic mass is 10.2. The van der Waals surface area contributed by atoms with Crippen LogP contribution in [0.25, 0.3) is 22.1 Å². The number of ether oxygens (including phenoxy) is 1. The van der Waals surface area contributed by atoms with Gasteiger partial charge in [-0.1, -0.05) is 6.07 Å². The maximum absolute atomic E-state index is 13.9. The van der Waals surface area contributed by atoms with Crippen molar-refractivity contribution in [3.8, 4) is 5.88 Å². The second-order valence-electron chi connectivity index (χ2n) is 5.59. The van der Waals surface area contributed by atoms with E-state index in [1.165, 1.54) is 19.2 Å². The van der Waals surface area contributed by atoms with Gasteiger partial charge in [0.05, 0.1) is 30.0 Å². The highest BCUT2D eigenvalue weighted by atomic mass is 32.2. The van der Waals surface area contributed by atoms with Gasteiger partial charge < -0.3 is 13.9 Å². The van der Waals surface area contributed by atoms with E-state index >= 15 is 0 Å². The summed E-state index contributed by atoms with van der Waals surface area (Å²) in [6.45, 7) is 0.324. The molecule has 0 aliphatic rings. The smallest absolute Gasteiger partial charge is 0.215 e. The monoisotopic (exact) mass is 371 g/mol. The number of imidazole rings is 1. The molecule has 7 nitrogen and oxygen atoms in total. The molecule has 0 aliphatic carbocycles. The van der Waals surface area contributed by atoms with Crippen molar-refractivity contribution in [2.45, 2.75) is 11.4 Å². The van der Waals surface area contributed by atoms with Gasteiger partial charge in [-0.05, 0) is 34.8 Å². The number of pyridine rings is 2. The van der Waals surface area contributed by atoms with E-state index in [1.807, 2.05) is 10.6 Å². The topological polar surface area (TPSA) is 93.0 Å². The molecule has 0 amide bonds. The quantitative estimate of drug-likeness (QED) is 0.512. The van der Waals surface area contributed by atoms with E-state index in [-0.39, 0.29) is 4.90 Å². The summed E-state index contributed by atoms with van der Waals surface area (Å²) < 4.78 is 42.8. The zero-order valence-corrected chi connectivity index (χ0v) is 14.4. The van der Waals surface area contributed by atoms with Gasteiger partial charge in [-0.25, -0.2) is 14.4 Å². The molecule has 0 bridgehead atoms. The molecule has 0 N–H and O–H groups in total. The van der Waals surface area contributed by atoms with Crippen molar-refractivity contribution in [1.29, 1.82) is 0 Å². The Balaban J connectivity index is 1.81. The van der Waals surface area contributed by atoms with Crippen molar-refractivity contribution < 1.29 is 17.9 Å². The summed E-state index contributed by atoms with van der Waals surface area (Å²) in [5.74, 6) is -0.322. The minimum absolute atomic E-state index is 0.324. The number of methoxy groups -OCH3 is 1. The first-order valence-electron chi connectivity index (χ1n) is 7.59. The van der Waals surface area contributed by atoms with Crippen LogP contribution >= 0.6 is 0 Å². The van der Waals surface area contributed by atoms with Gasteiger partial charge >= 0.3 is 0 Å². The molecular weight excluding hydrogens is 359 g/mol. The number of halogens is 1. The maximum atomic E-state index is 13.9. The summed E-state index contributed by atoms with van der Waals surface area (Å²) in [6.07, 6.45) is 3.25. The number of hydrogen-bond donors (Lipinski definition) is 0. The fourth-order valence-electron chi connectivity index (χ4n) is 2.83. The zero-order valence-electron chi connectivity index (χ0n) is 13.5. The molecule has 4 aromatic rings. The Labute approximate surface area is 149 Å². The third-order valence-corrected chi connectivity index (χ3v) is 4.71. The van der Waals surface area contributed by atoms with Crippen LogP contribution in [0.1, 0.15) is 5.56 Å². The van der Waals surface area contributed by atoms with E-state index in [9.17, 15) is 13.2 Å². The number of rotatable bonds is 4. The molecule has 0 saturated heterocycles. The molecule has 3 heterocycles. The fraction of sp³-hybridized carbons (Fsp3) is 0.118. The Bertz CT molecular complexity index is 1160. The van der Waals surface area contributed by atoms with Crippen molar-refractivity contribution in [2.24, 2.45) is 0 Å². The third-order valence-electron chi connectivity index (χ3n) is 4.02. The van der Waals surface area contributed by atoms with E-state index in [0.717, 1.165) is 10.9 Å². The second-order valence-corrected chi connectivity index (χ2v) is 6.50. The van der Waals surface area contributed by atoms with Crippen molar-refractivity contribution in [2.75, 3.05) is 7.11 Å². The SMILES string of the molecule is COc1ccc2c(ncc3ncn(Cc4ccc(S(=O)[O-])c(F)c4)c32)n1. The molecule has 0 saturated carbocycles. The number of nitrogens with zero attached hydrogens (tertiary/aromatic N) is 4. The lowest BCUT2D eigenvalue weighted by Gasteiger charge is -2.10. The average Bonchev–Trinajstić information content (AvgIpc) is 3.04. The van der Waals surface area contributed by atoms with Gasteiger partial charge in [-0.2, -0.15) is 4.98 Å². The van der Waals surface area contributed by atoms with Crippen LogP contribution in [0.3, 0.4) is 0 Å². The van der Waals surface area contributed by atoms with Gasteiger partial charge in [0.2, 0.25) is 5.88 Å². The van der Waals surface area contributed by atoms with Gasteiger partial charge in [0, 0.05) is 18.0 Å². The van der Waals surface area contributed by atoms with Crippen LogP contribution in [-0.4, -0.2) is 35.4 Å². The Hall–Kier alpha value is -2.91. The number of aromatic nitrogens is 4. The van der Waals surface area contributed by atoms with Gasteiger partial charge in [-0.3, -0.25) is 4.21 Å². The Morgan fingerprint density at radius 1 is 1.27 bits per heavy atom. The number of benzene rings is 1. The normalized spacial score (nSPS) is 12.6. The maximum Gasteiger partial charge on any atom is 0.215 e. The molecule has 1 unspecified atom stereocenters. The van der Waals surface area contributed by atoms with E-state index in [0.29, 0.717) is 29.2 Å². The summed E-state index contributed by atoms with van der Waals surface area (Å²) in [7, 11) is 1.53. The summed E-state index contributed by atoms with van der Waals surface area (Å²) in [4.78, 5) is 12.6. The van der Waals surface area contributed by atoms with Crippen LogP contribution in [-0.2, 0) is 17.6 Å². The first kappa shape index (κ1) is 16.6. The van der Waals surface area contributed by atoms with Crippen molar-refractivity contribution in [3.63, 3.8) is 0 Å². The van der Waals surface area contributed by atoms with Crippen LogP contribution in [0.4, 0.5) is 4.39 Å². The van der Waals surface area contributed by atoms with E-state index < -0.39 is 16.9 Å². The van der Waals surface area contributed by atoms with Crippen LogP contribution in [0.2, 0.25) is 0 Å². The lowest BCUT2D eigenvalue weighted by Crippen LogP contribution is -2.01. The third kappa shape index (κ3) is 2.80. The highest BCUT2D eigenvalue weighted by Crippen LogP contribution is 2.25. The van der Waals surface area contributed by atoms with Crippen molar-refractivity contribution in [1.82, 2.24) is 19.5 Å². The van der Waals surface area contributed by atoms with Crippen LogP contribution < -0.4 is 4.74 Å². The van der Waals surface area contributed by atoms with Crippen LogP contribution in [0.5, 0.6) is 5.88 Å². The van der Waals surface area contributed by atoms with Crippen LogP contribution in [0, 0.1) is 5.82 Å². The Morgan fingerprint density at radius 3 is 2.85 bits per heavy atom. The van der Waals surface area contributed by atoms with Gasteiger partial charge in [0.15, 0.2) is 5.65 Å². The summed E-state index contributed by atoms with van der Waals surface area (Å²) >= 11 is -2.60. The van der Waals surface area contributed by atoms with Crippen LogP contribution in [0.15, 0.2) is 47.8 Å². The molecule has 0 fully saturated rings. The van der Waals surface area contributed by atoms with E-state index in [2.05, 4.69) is 15.0 Å². The van der Waals surface area contributed by atoms with Gasteiger partial charge in [-0.15, -0.1) is 0 Å². The average molecular weight is 371 g/mol. The zero-order chi connectivity index (χ0) is 18.3. The lowest BCUT2D eigenvalue weighted by molar-refractivity contribution is 0.399. The molecule has 1 aromatic carbocycles. The summed E-state index contributed by atoms with van der Waals surface area (Å²) in [5, 5.41) is 0.790. The van der Waals surface area contributed by atoms with Gasteiger partial charge in [0.1, 0.15) is 11.3 Å². The van der Waals surface area contributed by atoms with Crippen molar-refractivity contribution in [3.05, 3.63) is 54.2 Å². The molecule has 0 spiro atoms. The number of hydrogen-bond acceptors (Lipinski definition) is 6. The first-order valence-corrected chi connectivity index (χ1v) is 8.66. The Morgan fingerprint density at radius 2 is 2.12 bits per heavy atom. The molecular formula is C17H12FN4O3S-. The molecule has 0 radical (unpaired) electrons. The second kappa shape index (κ2) is 6.43. The van der Waals surface area contributed by atoms with E-state index in [4.69, 9.17) is 4.74 Å². The molecule has 26 heavy (non-hydrogen) atoms. The summed E-state index contributed by atoms with van der Waals surface area (Å²) in [6, 6.07) is 7.61. The Kier molecular flexibility index (Phi) is 4.09. The predicted octanol–water partition coefficient (Wildman–Crippen LogP) is 2.41. The molecule has 132 valence electrons. The van der Waals surface area contributed by atoms with Crippen molar-refractivity contribution >= 4 is 33.1 Å². The highest BCUT2D eigenvalue weighted by molar-refractivity contribution is 7.79. The van der Waals surface area contributed by atoms with Gasteiger partial charge in [0.25, 0.3) is 0 Å².